The Kier molecular flexibility index (Phi) is 9.73. The molecule has 0 bridgehead atoms. The molecule has 0 radical (unpaired) electrons. The smallest absolute Gasteiger partial charge is 0.354 e. The topological polar surface area (TPSA) is 97.8 Å². The molecule has 0 spiro atoms. The number of aryl methyl sites for hydroxylation is 6. The number of amides is 1. The number of carbonyl (C=O) groups is 2. The number of carboxylic acids is 1. The first-order valence-electron chi connectivity index (χ1n) is 18.3. The molecule has 3 aromatic carbocycles. The van der Waals surface area contributed by atoms with Crippen molar-refractivity contribution in [1.82, 2.24) is 18.9 Å². The van der Waals surface area contributed by atoms with Gasteiger partial charge in [-0.05, 0) is 107 Å². The molecule has 4 heterocycles. The van der Waals surface area contributed by atoms with E-state index in [9.17, 15) is 9.90 Å². The van der Waals surface area contributed by atoms with Crippen molar-refractivity contribution in [3.8, 4) is 16.9 Å². The van der Waals surface area contributed by atoms with Crippen LogP contribution >= 0.6 is 23.2 Å². The maximum atomic E-state index is 15.3. The first-order chi connectivity index (χ1) is 25.7. The average molecular weight is 770 g/mol. The Labute approximate surface area is 325 Å². The van der Waals surface area contributed by atoms with E-state index in [4.69, 9.17) is 33.0 Å². The third kappa shape index (κ3) is 5.91. The highest BCUT2D eigenvalue weighted by Gasteiger charge is 2.39. The fourth-order valence-electron chi connectivity index (χ4n) is 8.27. The van der Waals surface area contributed by atoms with E-state index in [1.807, 2.05) is 88.9 Å². The lowest BCUT2D eigenvalue weighted by Gasteiger charge is -2.34. The minimum Gasteiger partial charge on any atom is -0.494 e. The third-order valence-corrected chi connectivity index (χ3v) is 12.0. The lowest BCUT2D eigenvalue weighted by molar-refractivity contribution is 0.0687. The Morgan fingerprint density at radius 1 is 1.02 bits per heavy atom. The number of benzene rings is 3. The standard InChI is InChI=1S/C42H46Cl2N6O4/c1-10-46(7)27-13-16-33-31(20-27)38(40(42(52)53)47(33)8)49-21-24(4)50-37-30(14-15-32(43)35(37)34-25(5)45-48(9)26(34)6)29(39(50)41(49)51)12-11-17-54-28-18-22(2)36(44)23(3)19-28/h13-16,18-20,24H,10-12,17,21H2,1-9H3,(H,52,53)/t24-/m1/s1. The predicted octanol–water partition coefficient (Wildman–Crippen LogP) is 9.46. The number of hydrogen-bond acceptors (Lipinski definition) is 5. The molecule has 0 fully saturated rings. The van der Waals surface area contributed by atoms with Gasteiger partial charge in [0.15, 0.2) is 5.69 Å². The average Bonchev–Trinajstić information content (AvgIpc) is 3.72. The molecule has 1 aliphatic heterocycles. The number of aromatic nitrogens is 4. The number of halogens is 2. The van der Waals surface area contributed by atoms with E-state index >= 15 is 4.79 Å². The summed E-state index contributed by atoms with van der Waals surface area (Å²) in [6, 6.07) is 13.5. The van der Waals surface area contributed by atoms with Crippen molar-refractivity contribution in [2.24, 2.45) is 14.1 Å². The first kappa shape index (κ1) is 37.4. The lowest BCUT2D eigenvalue weighted by atomic mass is 9.98. The van der Waals surface area contributed by atoms with Crippen LogP contribution in [0, 0.1) is 27.7 Å². The SMILES string of the molecule is CCN(C)c1ccc2c(c1)c(N1C[C@@H](C)n3c(c(CCCOc4cc(C)c(Cl)c(C)c4)c4ccc(Cl)c(-c5c(C)nn(C)c5C)c43)C1=O)c(C(=O)O)n2C. The van der Waals surface area contributed by atoms with E-state index in [0.29, 0.717) is 41.2 Å². The molecule has 0 unspecified atom stereocenters. The summed E-state index contributed by atoms with van der Waals surface area (Å²) < 4.78 is 11.9. The van der Waals surface area contributed by atoms with Crippen LogP contribution in [0.4, 0.5) is 11.4 Å². The molecular formula is C42H46Cl2N6O4. The van der Waals surface area contributed by atoms with Crippen molar-refractivity contribution in [3.05, 3.63) is 92.0 Å². The van der Waals surface area contributed by atoms with E-state index in [2.05, 4.69) is 23.3 Å². The molecule has 54 heavy (non-hydrogen) atoms. The Balaban J connectivity index is 1.42. The zero-order valence-electron chi connectivity index (χ0n) is 32.3. The maximum absolute atomic E-state index is 15.3. The van der Waals surface area contributed by atoms with Gasteiger partial charge in [-0.1, -0.05) is 29.3 Å². The zero-order valence-corrected chi connectivity index (χ0v) is 33.8. The second kappa shape index (κ2) is 14.0. The van der Waals surface area contributed by atoms with Crippen molar-refractivity contribution in [2.45, 2.75) is 60.4 Å². The molecule has 3 aromatic heterocycles. The van der Waals surface area contributed by atoms with Crippen LogP contribution in [0.3, 0.4) is 0 Å². The van der Waals surface area contributed by atoms with Crippen molar-refractivity contribution in [3.63, 3.8) is 0 Å². The van der Waals surface area contributed by atoms with Gasteiger partial charge in [0.2, 0.25) is 0 Å². The van der Waals surface area contributed by atoms with Gasteiger partial charge < -0.3 is 28.8 Å². The van der Waals surface area contributed by atoms with Crippen LogP contribution in [0.5, 0.6) is 5.75 Å². The number of anilines is 2. The van der Waals surface area contributed by atoms with E-state index in [0.717, 1.165) is 78.6 Å². The van der Waals surface area contributed by atoms with E-state index in [-0.39, 0.29) is 24.2 Å². The molecule has 0 aliphatic carbocycles. The van der Waals surface area contributed by atoms with E-state index in [1.165, 1.54) is 0 Å². The maximum Gasteiger partial charge on any atom is 0.354 e. The Morgan fingerprint density at radius 3 is 2.35 bits per heavy atom. The molecule has 1 atom stereocenters. The molecule has 7 rings (SSSR count). The largest absolute Gasteiger partial charge is 0.494 e. The quantitative estimate of drug-likeness (QED) is 0.140. The van der Waals surface area contributed by atoms with Gasteiger partial charge in [0.1, 0.15) is 11.4 Å². The van der Waals surface area contributed by atoms with Crippen LogP contribution in [0.25, 0.3) is 32.9 Å². The van der Waals surface area contributed by atoms with Crippen LogP contribution in [0.2, 0.25) is 10.0 Å². The Morgan fingerprint density at radius 2 is 1.72 bits per heavy atom. The van der Waals surface area contributed by atoms with Crippen LogP contribution in [0.15, 0.2) is 42.5 Å². The number of aromatic carboxylic acids is 1. The van der Waals surface area contributed by atoms with Crippen molar-refractivity contribution in [2.75, 3.05) is 36.5 Å². The molecule has 6 aromatic rings. The normalized spacial score (nSPS) is 14.4. The first-order valence-corrected chi connectivity index (χ1v) is 19.1. The van der Waals surface area contributed by atoms with Gasteiger partial charge in [-0.25, -0.2) is 4.79 Å². The minimum atomic E-state index is -1.10. The highest BCUT2D eigenvalue weighted by atomic mass is 35.5. The number of hydrogen-bond donors (Lipinski definition) is 1. The number of rotatable bonds is 10. The summed E-state index contributed by atoms with van der Waals surface area (Å²) in [7, 11) is 5.66. The number of nitrogens with zero attached hydrogens (tertiary/aromatic N) is 6. The van der Waals surface area contributed by atoms with Crippen LogP contribution < -0.4 is 14.5 Å². The summed E-state index contributed by atoms with van der Waals surface area (Å²) in [4.78, 5) is 32.1. The van der Waals surface area contributed by atoms with Crippen LogP contribution in [0.1, 0.15) is 75.4 Å². The van der Waals surface area contributed by atoms with Gasteiger partial charge in [0.25, 0.3) is 5.91 Å². The molecule has 0 saturated carbocycles. The Hall–Kier alpha value is -4.93. The monoisotopic (exact) mass is 768 g/mol. The number of carbonyl (C=O) groups excluding carboxylic acids is 1. The third-order valence-electron chi connectivity index (χ3n) is 11.1. The highest BCUT2D eigenvalue weighted by molar-refractivity contribution is 6.35. The summed E-state index contributed by atoms with van der Waals surface area (Å²) in [5, 5.41) is 18.3. The number of ether oxygens (including phenoxy) is 1. The molecule has 1 amide bonds. The molecular weight excluding hydrogens is 723 g/mol. The van der Waals surface area contributed by atoms with Crippen molar-refractivity contribution < 1.29 is 19.4 Å². The summed E-state index contributed by atoms with van der Waals surface area (Å²) in [6.45, 7) is 13.5. The molecule has 1 aliphatic rings. The molecule has 282 valence electrons. The van der Waals surface area contributed by atoms with Crippen LogP contribution in [-0.2, 0) is 20.5 Å². The molecule has 0 saturated heterocycles. The fourth-order valence-corrected chi connectivity index (χ4v) is 8.63. The van der Waals surface area contributed by atoms with E-state index in [1.54, 1.807) is 16.5 Å². The number of carboxylic acid groups (broad SMARTS) is 1. The second-order valence-electron chi connectivity index (χ2n) is 14.6. The van der Waals surface area contributed by atoms with Crippen LogP contribution in [-0.4, -0.2) is 62.6 Å². The van der Waals surface area contributed by atoms with E-state index < -0.39 is 5.97 Å². The zero-order chi connectivity index (χ0) is 38.9. The predicted molar refractivity (Wildman–Crippen MR) is 219 cm³/mol. The number of fused-ring (bicyclic) bond motifs is 4. The van der Waals surface area contributed by atoms with Gasteiger partial charge in [-0.3, -0.25) is 9.48 Å². The van der Waals surface area contributed by atoms with Gasteiger partial charge in [-0.15, -0.1) is 0 Å². The van der Waals surface area contributed by atoms with Crippen molar-refractivity contribution >= 4 is 68.3 Å². The van der Waals surface area contributed by atoms with Gasteiger partial charge in [0, 0.05) is 78.6 Å². The second-order valence-corrected chi connectivity index (χ2v) is 15.3. The van der Waals surface area contributed by atoms with Crippen molar-refractivity contribution in [1.29, 1.82) is 0 Å². The minimum absolute atomic E-state index is 0.0697. The summed E-state index contributed by atoms with van der Waals surface area (Å²) in [5.41, 5.74) is 9.91. The molecule has 10 nitrogen and oxygen atoms in total. The fraction of sp³-hybridized carbons (Fsp3) is 0.357. The summed E-state index contributed by atoms with van der Waals surface area (Å²) in [6.07, 6.45) is 1.16. The Bertz CT molecular complexity index is 2490. The lowest BCUT2D eigenvalue weighted by Crippen LogP contribution is -2.43. The van der Waals surface area contributed by atoms with Gasteiger partial charge in [-0.2, -0.15) is 5.10 Å². The summed E-state index contributed by atoms with van der Waals surface area (Å²) >= 11 is 13.5. The molecule has 1 N–H and O–H groups in total. The highest BCUT2D eigenvalue weighted by Crippen LogP contribution is 2.46. The summed E-state index contributed by atoms with van der Waals surface area (Å²) in [5.74, 6) is -0.603. The molecule has 12 heteroatoms. The van der Waals surface area contributed by atoms with Gasteiger partial charge >= 0.3 is 5.97 Å². The van der Waals surface area contributed by atoms with Gasteiger partial charge in [0.05, 0.1) is 34.0 Å².